The third-order valence-electron chi connectivity index (χ3n) is 1.67. The van der Waals surface area contributed by atoms with Crippen molar-refractivity contribution in [3.05, 3.63) is 40.2 Å². The summed E-state index contributed by atoms with van der Waals surface area (Å²) in [6.45, 7) is 0. The van der Waals surface area contributed by atoms with Gasteiger partial charge < -0.3 is 0 Å². The fourth-order valence-electron chi connectivity index (χ4n) is 1.06. The van der Waals surface area contributed by atoms with Crippen molar-refractivity contribution in [3.8, 4) is 0 Å². The van der Waals surface area contributed by atoms with Gasteiger partial charge in [0.25, 0.3) is 0 Å². The summed E-state index contributed by atoms with van der Waals surface area (Å²) in [5, 5.41) is 3.25. The third kappa shape index (κ3) is 2.45. The van der Waals surface area contributed by atoms with Gasteiger partial charge in [-0.05, 0) is 29.7 Å². The van der Waals surface area contributed by atoms with Crippen LogP contribution in [0.15, 0.2) is 45.2 Å². The highest BCUT2D eigenvalue weighted by Gasteiger charge is 2.01. The SMILES string of the molecule is Brc1ccc(N=C2CC=CS2)cc1. The summed E-state index contributed by atoms with van der Waals surface area (Å²) in [5.74, 6) is 0. The van der Waals surface area contributed by atoms with Crippen LogP contribution in [0.25, 0.3) is 0 Å². The molecule has 0 saturated carbocycles. The number of benzene rings is 1. The molecule has 1 nitrogen and oxygen atoms in total. The number of rotatable bonds is 1. The van der Waals surface area contributed by atoms with E-state index in [0.29, 0.717) is 0 Å². The highest BCUT2D eigenvalue weighted by atomic mass is 79.9. The summed E-state index contributed by atoms with van der Waals surface area (Å²) >= 11 is 5.09. The molecule has 0 unspecified atom stereocenters. The van der Waals surface area contributed by atoms with Gasteiger partial charge in [-0.15, -0.1) is 0 Å². The Labute approximate surface area is 90.1 Å². The van der Waals surface area contributed by atoms with E-state index < -0.39 is 0 Å². The van der Waals surface area contributed by atoms with Gasteiger partial charge in [-0.1, -0.05) is 33.8 Å². The minimum Gasteiger partial charge on any atom is -0.246 e. The van der Waals surface area contributed by atoms with E-state index in [9.17, 15) is 0 Å². The van der Waals surface area contributed by atoms with Gasteiger partial charge in [0, 0.05) is 10.9 Å². The Hall–Kier alpha value is -0.540. The van der Waals surface area contributed by atoms with E-state index in [-0.39, 0.29) is 0 Å². The predicted octanol–water partition coefficient (Wildman–Crippen LogP) is 4.13. The standard InChI is InChI=1S/C10H8BrNS/c11-8-3-5-9(6-4-8)12-10-2-1-7-13-10/h1,3-7H,2H2. The number of hydrogen-bond acceptors (Lipinski definition) is 2. The maximum absolute atomic E-state index is 4.50. The van der Waals surface area contributed by atoms with E-state index in [1.807, 2.05) is 24.3 Å². The summed E-state index contributed by atoms with van der Waals surface area (Å²) in [7, 11) is 0. The number of thioether (sulfide) groups is 1. The average molecular weight is 254 g/mol. The van der Waals surface area contributed by atoms with E-state index in [4.69, 9.17) is 0 Å². The molecule has 13 heavy (non-hydrogen) atoms. The van der Waals surface area contributed by atoms with Crippen LogP contribution in [0.4, 0.5) is 5.69 Å². The topological polar surface area (TPSA) is 12.4 Å². The molecule has 1 aliphatic rings. The molecule has 0 aliphatic carbocycles. The monoisotopic (exact) mass is 253 g/mol. The minimum absolute atomic E-state index is 0.973. The van der Waals surface area contributed by atoms with Gasteiger partial charge in [0.05, 0.1) is 10.7 Å². The van der Waals surface area contributed by atoms with Crippen LogP contribution < -0.4 is 0 Å². The molecule has 2 rings (SSSR count). The van der Waals surface area contributed by atoms with Crippen molar-refractivity contribution in [2.75, 3.05) is 0 Å². The zero-order valence-electron chi connectivity index (χ0n) is 6.90. The van der Waals surface area contributed by atoms with Crippen molar-refractivity contribution in [1.82, 2.24) is 0 Å². The lowest BCUT2D eigenvalue weighted by Crippen LogP contribution is -1.81. The molecule has 66 valence electrons. The molecule has 0 bridgehead atoms. The summed E-state index contributed by atoms with van der Waals surface area (Å²) in [4.78, 5) is 4.50. The van der Waals surface area contributed by atoms with Crippen LogP contribution in [0.5, 0.6) is 0 Å². The predicted molar refractivity (Wildman–Crippen MR) is 62.6 cm³/mol. The Balaban J connectivity index is 2.18. The van der Waals surface area contributed by atoms with E-state index in [0.717, 1.165) is 16.6 Å². The first-order valence-corrected chi connectivity index (χ1v) is 5.67. The number of hydrogen-bond donors (Lipinski definition) is 0. The first kappa shape index (κ1) is 9.03. The molecule has 0 amide bonds. The Morgan fingerprint density at radius 2 is 2.00 bits per heavy atom. The highest BCUT2D eigenvalue weighted by Crippen LogP contribution is 2.23. The molecular formula is C10H8BrNS. The second-order valence-corrected chi connectivity index (χ2v) is 4.57. The van der Waals surface area contributed by atoms with Gasteiger partial charge in [0.15, 0.2) is 0 Å². The van der Waals surface area contributed by atoms with Crippen LogP contribution in [-0.2, 0) is 0 Å². The van der Waals surface area contributed by atoms with E-state index in [1.54, 1.807) is 11.8 Å². The Bertz CT molecular complexity index is 344. The molecule has 0 aromatic heterocycles. The lowest BCUT2D eigenvalue weighted by atomic mass is 10.3. The lowest BCUT2D eigenvalue weighted by molar-refractivity contribution is 1.45. The van der Waals surface area contributed by atoms with Gasteiger partial charge in [-0.2, -0.15) is 0 Å². The molecule has 1 aromatic carbocycles. The van der Waals surface area contributed by atoms with Crippen molar-refractivity contribution >= 4 is 38.4 Å². The molecule has 1 aliphatic heterocycles. The first-order chi connectivity index (χ1) is 6.34. The largest absolute Gasteiger partial charge is 0.246 e. The van der Waals surface area contributed by atoms with Gasteiger partial charge in [-0.25, -0.2) is 4.99 Å². The first-order valence-electron chi connectivity index (χ1n) is 3.99. The van der Waals surface area contributed by atoms with Crippen molar-refractivity contribution in [2.45, 2.75) is 6.42 Å². The number of aliphatic imine (C=N–C) groups is 1. The molecule has 0 atom stereocenters. The van der Waals surface area contributed by atoms with Crippen LogP contribution in [0, 0.1) is 0 Å². The second-order valence-electron chi connectivity index (χ2n) is 2.68. The van der Waals surface area contributed by atoms with Crippen molar-refractivity contribution in [2.24, 2.45) is 4.99 Å². The smallest absolute Gasteiger partial charge is 0.0818 e. The third-order valence-corrected chi connectivity index (χ3v) is 3.06. The van der Waals surface area contributed by atoms with Crippen LogP contribution in [-0.4, -0.2) is 5.04 Å². The molecule has 0 N–H and O–H groups in total. The van der Waals surface area contributed by atoms with Gasteiger partial charge in [0.2, 0.25) is 0 Å². The average Bonchev–Trinajstić information content (AvgIpc) is 2.62. The summed E-state index contributed by atoms with van der Waals surface area (Å²) in [6.07, 6.45) is 3.10. The number of nitrogens with zero attached hydrogens (tertiary/aromatic N) is 1. The van der Waals surface area contributed by atoms with Gasteiger partial charge in [-0.3, -0.25) is 0 Å². The maximum atomic E-state index is 4.50. The Morgan fingerprint density at radius 3 is 2.62 bits per heavy atom. The molecule has 0 radical (unpaired) electrons. The van der Waals surface area contributed by atoms with Crippen LogP contribution in [0.1, 0.15) is 6.42 Å². The van der Waals surface area contributed by atoms with Crippen LogP contribution in [0.2, 0.25) is 0 Å². The molecule has 1 heterocycles. The highest BCUT2D eigenvalue weighted by molar-refractivity contribution is 9.10. The van der Waals surface area contributed by atoms with Gasteiger partial charge >= 0.3 is 0 Å². The molecule has 3 heteroatoms. The molecular weight excluding hydrogens is 246 g/mol. The number of halogens is 1. The minimum atomic E-state index is 0.973. The van der Waals surface area contributed by atoms with E-state index in [1.165, 1.54) is 5.04 Å². The summed E-state index contributed by atoms with van der Waals surface area (Å²) in [6, 6.07) is 8.03. The normalized spacial score (nSPS) is 18.4. The lowest BCUT2D eigenvalue weighted by Gasteiger charge is -1.96. The molecule has 0 spiro atoms. The van der Waals surface area contributed by atoms with Crippen LogP contribution >= 0.6 is 27.7 Å². The summed E-state index contributed by atoms with van der Waals surface area (Å²) in [5.41, 5.74) is 1.02. The van der Waals surface area contributed by atoms with Crippen molar-refractivity contribution in [1.29, 1.82) is 0 Å². The number of allylic oxidation sites excluding steroid dienone is 1. The van der Waals surface area contributed by atoms with Crippen LogP contribution in [0.3, 0.4) is 0 Å². The van der Waals surface area contributed by atoms with E-state index in [2.05, 4.69) is 32.4 Å². The zero-order valence-corrected chi connectivity index (χ0v) is 9.31. The fourth-order valence-corrected chi connectivity index (χ4v) is 2.02. The Morgan fingerprint density at radius 1 is 1.23 bits per heavy atom. The van der Waals surface area contributed by atoms with E-state index >= 15 is 0 Å². The summed E-state index contributed by atoms with van der Waals surface area (Å²) < 4.78 is 1.09. The van der Waals surface area contributed by atoms with Gasteiger partial charge in [0.1, 0.15) is 0 Å². The molecule has 1 aromatic rings. The van der Waals surface area contributed by atoms with Crippen molar-refractivity contribution < 1.29 is 0 Å². The zero-order chi connectivity index (χ0) is 9.10. The maximum Gasteiger partial charge on any atom is 0.0818 e. The second kappa shape index (κ2) is 4.11. The quantitative estimate of drug-likeness (QED) is 0.734. The fraction of sp³-hybridized carbons (Fsp3) is 0.100. The molecule has 0 saturated heterocycles. The molecule has 0 fully saturated rings. The Kier molecular flexibility index (Phi) is 2.86. The van der Waals surface area contributed by atoms with Crippen molar-refractivity contribution in [3.63, 3.8) is 0 Å².